The van der Waals surface area contributed by atoms with Gasteiger partial charge in [-0.15, -0.1) is 0 Å². The van der Waals surface area contributed by atoms with Gasteiger partial charge in [0.05, 0.1) is 12.4 Å². The zero-order valence-corrected chi connectivity index (χ0v) is 10.9. The first-order valence-corrected chi connectivity index (χ1v) is 6.02. The fourth-order valence-corrected chi connectivity index (χ4v) is 1.77. The van der Waals surface area contributed by atoms with Crippen LogP contribution in [-0.4, -0.2) is 42.6 Å². The molecule has 0 amide bonds. The van der Waals surface area contributed by atoms with E-state index in [2.05, 4.69) is 21.8 Å². The van der Waals surface area contributed by atoms with E-state index < -0.39 is 0 Å². The number of ether oxygens (including phenoxy) is 2. The molecule has 0 radical (unpaired) electrons. The first kappa shape index (κ1) is 14.2. The summed E-state index contributed by atoms with van der Waals surface area (Å²) >= 11 is 0. The molecule has 98 valence electrons. The van der Waals surface area contributed by atoms with E-state index >= 15 is 0 Å². The quantitative estimate of drug-likeness (QED) is 0.522. The van der Waals surface area contributed by atoms with Crippen LogP contribution in [0.2, 0.25) is 0 Å². The van der Waals surface area contributed by atoms with Crippen molar-refractivity contribution in [1.82, 2.24) is 14.9 Å². The predicted molar refractivity (Wildman–Crippen MR) is 66.7 cm³/mol. The summed E-state index contributed by atoms with van der Waals surface area (Å²) in [6, 6.07) is 0.207. The summed E-state index contributed by atoms with van der Waals surface area (Å²) in [6.07, 6.45) is 7.73. The second-order valence-electron chi connectivity index (χ2n) is 4.09. The van der Waals surface area contributed by atoms with Crippen LogP contribution < -0.4 is 5.32 Å². The molecule has 1 heterocycles. The van der Waals surface area contributed by atoms with Gasteiger partial charge in [-0.3, -0.25) is 0 Å². The maximum absolute atomic E-state index is 5.18. The summed E-state index contributed by atoms with van der Waals surface area (Å²) in [5.41, 5.74) is 0. The molecule has 0 aliphatic heterocycles. The van der Waals surface area contributed by atoms with Crippen LogP contribution in [0.15, 0.2) is 18.7 Å². The number of aromatic nitrogens is 2. The predicted octanol–water partition coefficient (Wildman–Crippen LogP) is 1.26. The van der Waals surface area contributed by atoms with Crippen molar-refractivity contribution in [3.05, 3.63) is 18.7 Å². The molecule has 0 fully saturated rings. The van der Waals surface area contributed by atoms with Gasteiger partial charge in [0.2, 0.25) is 0 Å². The molecule has 1 aromatic heterocycles. The number of unbranched alkanes of at least 4 members (excludes halogenated alkanes) is 1. The topological polar surface area (TPSA) is 48.3 Å². The number of aryl methyl sites for hydroxylation is 1. The van der Waals surface area contributed by atoms with Crippen LogP contribution in [0.4, 0.5) is 0 Å². The van der Waals surface area contributed by atoms with Crippen molar-refractivity contribution >= 4 is 0 Å². The monoisotopic (exact) mass is 241 g/mol. The van der Waals surface area contributed by atoms with Gasteiger partial charge in [-0.2, -0.15) is 0 Å². The molecule has 1 unspecified atom stereocenters. The van der Waals surface area contributed by atoms with Gasteiger partial charge >= 0.3 is 0 Å². The van der Waals surface area contributed by atoms with Crippen LogP contribution in [-0.2, 0) is 16.0 Å². The number of hydrogen-bond acceptors (Lipinski definition) is 4. The smallest absolute Gasteiger partial charge is 0.171 e. The van der Waals surface area contributed by atoms with Crippen molar-refractivity contribution in [3.8, 4) is 0 Å². The average Bonchev–Trinajstić information content (AvgIpc) is 2.83. The number of imidazole rings is 1. The Labute approximate surface area is 103 Å². The molecule has 0 spiro atoms. The van der Waals surface area contributed by atoms with E-state index in [1.807, 2.05) is 18.7 Å². The third-order valence-corrected chi connectivity index (χ3v) is 2.74. The van der Waals surface area contributed by atoms with Gasteiger partial charge in [-0.1, -0.05) is 0 Å². The van der Waals surface area contributed by atoms with Gasteiger partial charge in [0.25, 0.3) is 0 Å². The second kappa shape index (κ2) is 8.22. The molecule has 5 heteroatoms. The highest BCUT2D eigenvalue weighted by Gasteiger charge is 2.13. The molecule has 0 aliphatic carbocycles. The molecule has 0 aliphatic rings. The van der Waals surface area contributed by atoms with Crippen molar-refractivity contribution in [2.45, 2.75) is 38.6 Å². The molecule has 1 N–H and O–H groups in total. The minimum atomic E-state index is -0.177. The van der Waals surface area contributed by atoms with E-state index in [4.69, 9.17) is 9.47 Å². The van der Waals surface area contributed by atoms with E-state index in [0.717, 1.165) is 25.9 Å². The number of methoxy groups -OCH3 is 2. The first-order valence-electron chi connectivity index (χ1n) is 6.02. The molecule has 1 atom stereocenters. The lowest BCUT2D eigenvalue weighted by Gasteiger charge is -2.22. The van der Waals surface area contributed by atoms with Gasteiger partial charge in [-0.25, -0.2) is 4.98 Å². The number of nitrogens with one attached hydrogen (secondary N) is 1. The molecule has 0 aromatic carbocycles. The molecule has 0 bridgehead atoms. The first-order chi connectivity index (χ1) is 8.27. The average molecular weight is 241 g/mol. The molecular formula is C12H23N3O2. The van der Waals surface area contributed by atoms with E-state index in [-0.39, 0.29) is 12.3 Å². The van der Waals surface area contributed by atoms with Crippen LogP contribution in [0.5, 0.6) is 0 Å². The Kier molecular flexibility index (Phi) is 6.84. The highest BCUT2D eigenvalue weighted by atomic mass is 16.7. The van der Waals surface area contributed by atoms with Crippen molar-refractivity contribution in [3.63, 3.8) is 0 Å². The lowest BCUT2D eigenvalue weighted by molar-refractivity contribution is -0.119. The SMILES string of the molecule is COC(OC)C(C)NCCCCn1ccnc1. The Morgan fingerprint density at radius 2 is 2.06 bits per heavy atom. The molecule has 1 aromatic rings. The molecule has 1 rings (SSSR count). The molecule has 0 saturated heterocycles. The van der Waals surface area contributed by atoms with Gasteiger partial charge in [0.15, 0.2) is 6.29 Å². The second-order valence-corrected chi connectivity index (χ2v) is 4.09. The molecule has 17 heavy (non-hydrogen) atoms. The summed E-state index contributed by atoms with van der Waals surface area (Å²) in [5.74, 6) is 0. The highest BCUT2D eigenvalue weighted by Crippen LogP contribution is 1.99. The summed E-state index contributed by atoms with van der Waals surface area (Å²) in [6.45, 7) is 4.06. The largest absolute Gasteiger partial charge is 0.354 e. The standard InChI is InChI=1S/C12H23N3O2/c1-11(12(16-2)17-3)14-6-4-5-8-15-9-7-13-10-15/h7,9-12,14H,4-6,8H2,1-3H3. The Bertz CT molecular complexity index is 273. The van der Waals surface area contributed by atoms with Crippen LogP contribution in [0.3, 0.4) is 0 Å². The molecule has 5 nitrogen and oxygen atoms in total. The highest BCUT2D eigenvalue weighted by molar-refractivity contribution is 4.73. The Morgan fingerprint density at radius 1 is 1.29 bits per heavy atom. The summed E-state index contributed by atoms with van der Waals surface area (Å²) in [7, 11) is 3.32. The minimum absolute atomic E-state index is 0.177. The Morgan fingerprint density at radius 3 is 2.65 bits per heavy atom. The lowest BCUT2D eigenvalue weighted by atomic mass is 10.2. The van der Waals surface area contributed by atoms with Crippen molar-refractivity contribution in [2.75, 3.05) is 20.8 Å². The maximum Gasteiger partial charge on any atom is 0.171 e. The van der Waals surface area contributed by atoms with Crippen LogP contribution in [0.25, 0.3) is 0 Å². The van der Waals surface area contributed by atoms with Crippen LogP contribution >= 0.6 is 0 Å². The van der Waals surface area contributed by atoms with Crippen molar-refractivity contribution < 1.29 is 9.47 Å². The molecular weight excluding hydrogens is 218 g/mol. The summed E-state index contributed by atoms with van der Waals surface area (Å²) < 4.78 is 12.5. The van der Waals surface area contributed by atoms with E-state index in [1.165, 1.54) is 0 Å². The normalized spacial score (nSPS) is 13.2. The maximum atomic E-state index is 5.18. The molecule has 0 saturated carbocycles. The Hall–Kier alpha value is -0.910. The number of hydrogen-bond donors (Lipinski definition) is 1. The third-order valence-electron chi connectivity index (χ3n) is 2.74. The summed E-state index contributed by atoms with van der Waals surface area (Å²) in [4.78, 5) is 4.01. The van der Waals surface area contributed by atoms with Crippen LogP contribution in [0, 0.1) is 0 Å². The summed E-state index contributed by atoms with van der Waals surface area (Å²) in [5, 5.41) is 3.39. The van der Waals surface area contributed by atoms with Gasteiger partial charge in [0, 0.05) is 33.2 Å². The van der Waals surface area contributed by atoms with Crippen molar-refractivity contribution in [2.24, 2.45) is 0 Å². The van der Waals surface area contributed by atoms with Crippen LogP contribution in [0.1, 0.15) is 19.8 Å². The zero-order chi connectivity index (χ0) is 12.5. The van der Waals surface area contributed by atoms with Crippen molar-refractivity contribution in [1.29, 1.82) is 0 Å². The third kappa shape index (κ3) is 5.30. The number of nitrogens with zero attached hydrogens (tertiary/aromatic N) is 2. The van der Waals surface area contributed by atoms with Gasteiger partial charge in [-0.05, 0) is 26.3 Å². The fourth-order valence-electron chi connectivity index (χ4n) is 1.77. The Balaban J connectivity index is 2.03. The van der Waals surface area contributed by atoms with E-state index in [9.17, 15) is 0 Å². The van der Waals surface area contributed by atoms with Gasteiger partial charge < -0.3 is 19.4 Å². The van der Waals surface area contributed by atoms with E-state index in [0.29, 0.717) is 0 Å². The van der Waals surface area contributed by atoms with Gasteiger partial charge in [0.1, 0.15) is 0 Å². The van der Waals surface area contributed by atoms with E-state index in [1.54, 1.807) is 14.2 Å². The minimum Gasteiger partial charge on any atom is -0.354 e. The zero-order valence-electron chi connectivity index (χ0n) is 10.9. The lowest BCUT2D eigenvalue weighted by Crippen LogP contribution is -2.40. The number of rotatable bonds is 9. The fraction of sp³-hybridized carbons (Fsp3) is 0.750.